The number of aliphatic hydroxyl groups excluding tert-OH is 1. The zero-order valence-corrected chi connectivity index (χ0v) is 16.3. The average molecular weight is 380 g/mol. The molecule has 1 saturated heterocycles. The number of methoxy groups -OCH3 is 1. The summed E-state index contributed by atoms with van der Waals surface area (Å²) >= 11 is 0. The molecule has 0 radical (unpaired) electrons. The summed E-state index contributed by atoms with van der Waals surface area (Å²) in [5.74, 6) is 0.763. The number of fused-ring (bicyclic) bond motifs is 2. The number of hydrogen-bond acceptors (Lipinski definition) is 4. The fourth-order valence-corrected chi connectivity index (χ4v) is 4.80. The molecule has 2 aromatic carbocycles. The normalized spacial score (nSPS) is 22.6. The van der Waals surface area contributed by atoms with Crippen LogP contribution in [0.1, 0.15) is 42.0 Å². The molecule has 1 aliphatic carbocycles. The van der Waals surface area contributed by atoms with Crippen LogP contribution < -0.4 is 15.4 Å². The lowest BCUT2D eigenvalue weighted by Gasteiger charge is -2.38. The molecule has 5 nitrogen and oxygen atoms in total. The third-order valence-corrected chi connectivity index (χ3v) is 6.30. The predicted molar refractivity (Wildman–Crippen MR) is 108 cm³/mol. The van der Waals surface area contributed by atoms with Crippen LogP contribution in [0.2, 0.25) is 0 Å². The number of amides is 1. The van der Waals surface area contributed by atoms with Crippen molar-refractivity contribution < 1.29 is 14.6 Å². The third kappa shape index (κ3) is 3.40. The Morgan fingerprint density at radius 3 is 2.79 bits per heavy atom. The van der Waals surface area contributed by atoms with Gasteiger partial charge in [0, 0.05) is 11.8 Å². The van der Waals surface area contributed by atoms with Crippen molar-refractivity contribution in [1.82, 2.24) is 10.6 Å². The highest BCUT2D eigenvalue weighted by Gasteiger charge is 2.51. The van der Waals surface area contributed by atoms with E-state index in [1.807, 2.05) is 42.5 Å². The fourth-order valence-electron chi connectivity index (χ4n) is 4.80. The van der Waals surface area contributed by atoms with Crippen LogP contribution in [0.5, 0.6) is 5.75 Å². The van der Waals surface area contributed by atoms with Gasteiger partial charge < -0.3 is 20.5 Å². The summed E-state index contributed by atoms with van der Waals surface area (Å²) in [6, 6.07) is 15.6. The second-order valence-electron chi connectivity index (χ2n) is 7.83. The van der Waals surface area contributed by atoms with E-state index in [0.29, 0.717) is 12.8 Å². The summed E-state index contributed by atoms with van der Waals surface area (Å²) in [5, 5.41) is 17.7. The van der Waals surface area contributed by atoms with Crippen LogP contribution in [-0.2, 0) is 16.6 Å². The highest BCUT2D eigenvalue weighted by molar-refractivity contribution is 5.77. The minimum absolute atomic E-state index is 0.0346. The molecule has 4 rings (SSSR count). The summed E-state index contributed by atoms with van der Waals surface area (Å²) in [4.78, 5) is 12.7. The van der Waals surface area contributed by atoms with Crippen molar-refractivity contribution in [3.8, 4) is 5.75 Å². The zero-order valence-electron chi connectivity index (χ0n) is 16.3. The number of aliphatic hydroxyl groups is 1. The Morgan fingerprint density at radius 1 is 1.21 bits per heavy atom. The van der Waals surface area contributed by atoms with Gasteiger partial charge in [0.2, 0.25) is 5.91 Å². The van der Waals surface area contributed by atoms with Gasteiger partial charge in [0.15, 0.2) is 0 Å². The van der Waals surface area contributed by atoms with E-state index in [-0.39, 0.29) is 17.4 Å². The molecule has 0 aromatic heterocycles. The first-order valence-corrected chi connectivity index (χ1v) is 10.0. The van der Waals surface area contributed by atoms with Crippen molar-refractivity contribution in [3.63, 3.8) is 0 Å². The number of nitrogens with one attached hydrogen (secondary N) is 2. The summed E-state index contributed by atoms with van der Waals surface area (Å²) in [5.41, 5.74) is 3.07. The van der Waals surface area contributed by atoms with Crippen LogP contribution in [0.3, 0.4) is 0 Å². The van der Waals surface area contributed by atoms with E-state index >= 15 is 0 Å². The van der Waals surface area contributed by atoms with E-state index < -0.39 is 6.10 Å². The second-order valence-corrected chi connectivity index (χ2v) is 7.83. The first kappa shape index (κ1) is 19.0. The number of piperidine rings is 1. The number of hydrogen-bond donors (Lipinski definition) is 3. The first-order valence-electron chi connectivity index (χ1n) is 10.0. The molecular weight excluding hydrogens is 352 g/mol. The maximum atomic E-state index is 12.7. The molecule has 148 valence electrons. The Labute approximate surface area is 166 Å². The van der Waals surface area contributed by atoms with Crippen molar-refractivity contribution in [2.45, 2.75) is 43.2 Å². The van der Waals surface area contributed by atoms with Gasteiger partial charge in [0.25, 0.3) is 0 Å². The minimum Gasteiger partial charge on any atom is -0.497 e. The molecule has 0 bridgehead atoms. The van der Waals surface area contributed by atoms with Gasteiger partial charge in [-0.3, -0.25) is 4.79 Å². The Morgan fingerprint density at radius 2 is 2.00 bits per heavy atom. The number of carbonyl (C=O) groups excluding carboxylic acids is 1. The largest absolute Gasteiger partial charge is 0.497 e. The van der Waals surface area contributed by atoms with Crippen molar-refractivity contribution in [3.05, 3.63) is 65.2 Å². The number of ether oxygens (including phenoxy) is 1. The minimum atomic E-state index is -0.590. The lowest BCUT2D eigenvalue weighted by Crippen LogP contribution is -2.48. The average Bonchev–Trinajstić information content (AvgIpc) is 2.96. The molecule has 1 fully saturated rings. The fraction of sp³-hybridized carbons (Fsp3) is 0.435. The van der Waals surface area contributed by atoms with Gasteiger partial charge in [-0.15, -0.1) is 0 Å². The Hall–Kier alpha value is -2.37. The van der Waals surface area contributed by atoms with E-state index in [1.165, 1.54) is 5.56 Å². The molecule has 2 aliphatic rings. The third-order valence-electron chi connectivity index (χ3n) is 6.30. The van der Waals surface area contributed by atoms with Crippen LogP contribution in [0.25, 0.3) is 0 Å². The molecule has 3 N–H and O–H groups in total. The zero-order chi connectivity index (χ0) is 19.6. The lowest BCUT2D eigenvalue weighted by molar-refractivity contribution is -0.123. The van der Waals surface area contributed by atoms with E-state index in [0.717, 1.165) is 42.8 Å². The SMILES string of the molecule is COc1cccc(CCC(=O)N[C@H]2c3ccccc3C3(CCNCC3)[C@@H]2O)c1. The van der Waals surface area contributed by atoms with Crippen molar-refractivity contribution in [1.29, 1.82) is 0 Å². The van der Waals surface area contributed by atoms with Gasteiger partial charge >= 0.3 is 0 Å². The number of carbonyl (C=O) groups is 1. The molecule has 0 saturated carbocycles. The van der Waals surface area contributed by atoms with Crippen molar-refractivity contribution >= 4 is 5.91 Å². The number of aryl methyl sites for hydroxylation is 1. The van der Waals surface area contributed by atoms with E-state index in [2.05, 4.69) is 16.7 Å². The molecule has 5 heteroatoms. The summed E-state index contributed by atoms with van der Waals surface area (Å²) in [6.45, 7) is 1.78. The van der Waals surface area contributed by atoms with Gasteiger partial charge in [0.05, 0.1) is 19.3 Å². The van der Waals surface area contributed by atoms with Crippen LogP contribution in [-0.4, -0.2) is 37.3 Å². The Bertz CT molecular complexity index is 845. The molecule has 1 heterocycles. The smallest absolute Gasteiger partial charge is 0.220 e. The van der Waals surface area contributed by atoms with Crippen LogP contribution in [0.4, 0.5) is 0 Å². The molecule has 28 heavy (non-hydrogen) atoms. The van der Waals surface area contributed by atoms with Crippen molar-refractivity contribution in [2.75, 3.05) is 20.2 Å². The molecular formula is C23H28N2O3. The van der Waals surface area contributed by atoms with E-state index in [4.69, 9.17) is 4.74 Å². The highest BCUT2D eigenvalue weighted by atomic mass is 16.5. The van der Waals surface area contributed by atoms with Crippen molar-refractivity contribution in [2.24, 2.45) is 0 Å². The lowest BCUT2D eigenvalue weighted by atomic mass is 9.72. The van der Waals surface area contributed by atoms with Crippen LogP contribution in [0.15, 0.2) is 48.5 Å². The molecule has 2 atom stereocenters. The molecule has 1 aliphatic heterocycles. The highest BCUT2D eigenvalue weighted by Crippen LogP contribution is 2.49. The van der Waals surface area contributed by atoms with Gasteiger partial charge in [-0.2, -0.15) is 0 Å². The first-order chi connectivity index (χ1) is 13.6. The maximum Gasteiger partial charge on any atom is 0.220 e. The van der Waals surface area contributed by atoms with Gasteiger partial charge in [0.1, 0.15) is 5.75 Å². The summed E-state index contributed by atoms with van der Waals surface area (Å²) < 4.78 is 5.25. The summed E-state index contributed by atoms with van der Waals surface area (Å²) in [6.07, 6.45) is 2.21. The molecule has 1 amide bonds. The topological polar surface area (TPSA) is 70.6 Å². The van der Waals surface area contributed by atoms with Gasteiger partial charge in [-0.05, 0) is 61.2 Å². The van der Waals surface area contributed by atoms with E-state index in [9.17, 15) is 9.90 Å². The van der Waals surface area contributed by atoms with E-state index in [1.54, 1.807) is 7.11 Å². The molecule has 2 aromatic rings. The van der Waals surface area contributed by atoms with Gasteiger partial charge in [-0.1, -0.05) is 36.4 Å². The molecule has 0 unspecified atom stereocenters. The monoisotopic (exact) mass is 380 g/mol. The number of benzene rings is 2. The predicted octanol–water partition coefficient (Wildman–Crippen LogP) is 2.48. The Balaban J connectivity index is 1.47. The Kier molecular flexibility index (Phi) is 5.38. The number of rotatable bonds is 5. The summed E-state index contributed by atoms with van der Waals surface area (Å²) in [7, 11) is 1.64. The quantitative estimate of drug-likeness (QED) is 0.745. The maximum absolute atomic E-state index is 12.7. The standard InChI is InChI=1S/C23H28N2O3/c1-28-17-6-4-5-16(15-17)9-10-20(26)25-21-18-7-2-3-8-19(18)23(22(21)27)11-13-24-14-12-23/h2-8,15,21-22,24,27H,9-14H2,1H3,(H,25,26)/t21-,22+/m0/s1. The second kappa shape index (κ2) is 7.94. The van der Waals surface area contributed by atoms with Crippen LogP contribution in [0, 0.1) is 0 Å². The molecule has 1 spiro atoms. The van der Waals surface area contributed by atoms with Crippen LogP contribution >= 0.6 is 0 Å². The van der Waals surface area contributed by atoms with Gasteiger partial charge in [-0.25, -0.2) is 0 Å².